The lowest BCUT2D eigenvalue weighted by atomic mass is 10.2. The van der Waals surface area contributed by atoms with Gasteiger partial charge in [0.2, 0.25) is 5.91 Å². The minimum absolute atomic E-state index is 0.130. The maximum Gasteiger partial charge on any atom is 0.279 e. The Kier molecular flexibility index (Phi) is 7.71. The van der Waals surface area contributed by atoms with E-state index in [2.05, 4.69) is 16.0 Å². The van der Waals surface area contributed by atoms with Crippen molar-refractivity contribution in [3.63, 3.8) is 0 Å². The van der Waals surface area contributed by atoms with Gasteiger partial charge in [-0.05, 0) is 55.8 Å². The van der Waals surface area contributed by atoms with Crippen molar-refractivity contribution in [1.29, 1.82) is 0 Å². The van der Waals surface area contributed by atoms with Crippen molar-refractivity contribution in [2.75, 3.05) is 35.6 Å². The molecule has 0 heterocycles. The lowest BCUT2D eigenvalue weighted by Crippen LogP contribution is -3.13. The van der Waals surface area contributed by atoms with Gasteiger partial charge in [0.25, 0.3) is 11.8 Å². The van der Waals surface area contributed by atoms with Gasteiger partial charge in [0.15, 0.2) is 13.1 Å². The second-order valence-electron chi connectivity index (χ2n) is 6.68. The summed E-state index contributed by atoms with van der Waals surface area (Å²) in [6.07, 6.45) is 0. The summed E-state index contributed by atoms with van der Waals surface area (Å²) in [7, 11) is 0. The molecule has 148 valence electrons. The van der Waals surface area contributed by atoms with Crippen LogP contribution in [0.1, 0.15) is 19.4 Å². The predicted molar refractivity (Wildman–Crippen MR) is 110 cm³/mol. The Morgan fingerprint density at radius 1 is 0.821 bits per heavy atom. The molecular formula is C21H27N4O3+. The summed E-state index contributed by atoms with van der Waals surface area (Å²) in [5.41, 5.74) is 3.13. The number of anilines is 3. The molecule has 1 unspecified atom stereocenters. The molecule has 0 aliphatic carbocycles. The van der Waals surface area contributed by atoms with Gasteiger partial charge >= 0.3 is 0 Å². The van der Waals surface area contributed by atoms with Gasteiger partial charge < -0.3 is 20.9 Å². The van der Waals surface area contributed by atoms with Crippen molar-refractivity contribution in [2.45, 2.75) is 20.8 Å². The van der Waals surface area contributed by atoms with E-state index in [1.54, 1.807) is 24.3 Å². The fourth-order valence-corrected chi connectivity index (χ4v) is 2.74. The third-order valence-electron chi connectivity index (χ3n) is 4.11. The van der Waals surface area contributed by atoms with Gasteiger partial charge in [-0.1, -0.05) is 12.1 Å². The average molecular weight is 383 g/mol. The molecule has 7 nitrogen and oxygen atoms in total. The smallest absolute Gasteiger partial charge is 0.279 e. The molecule has 0 aromatic heterocycles. The number of carbonyl (C=O) groups excluding carboxylic acids is 3. The lowest BCUT2D eigenvalue weighted by Gasteiger charge is -2.17. The van der Waals surface area contributed by atoms with E-state index in [0.717, 1.165) is 16.2 Å². The molecule has 2 rings (SSSR count). The van der Waals surface area contributed by atoms with E-state index in [4.69, 9.17) is 0 Å². The Hall–Kier alpha value is -3.19. The number of rotatable bonds is 8. The molecular weight excluding hydrogens is 356 g/mol. The van der Waals surface area contributed by atoms with Crippen molar-refractivity contribution < 1.29 is 19.3 Å². The van der Waals surface area contributed by atoms with Gasteiger partial charge in [-0.15, -0.1) is 0 Å². The Morgan fingerprint density at radius 3 is 1.86 bits per heavy atom. The van der Waals surface area contributed by atoms with E-state index in [9.17, 15) is 14.4 Å². The van der Waals surface area contributed by atoms with Crippen molar-refractivity contribution in [3.8, 4) is 0 Å². The number of likely N-dealkylation sites (N-methyl/N-ethyl adjacent to an activating group) is 1. The number of quaternary nitrogens is 1. The third kappa shape index (κ3) is 7.20. The van der Waals surface area contributed by atoms with Gasteiger partial charge in [-0.2, -0.15) is 0 Å². The molecule has 0 spiro atoms. The van der Waals surface area contributed by atoms with Crippen LogP contribution < -0.4 is 20.9 Å². The predicted octanol–water partition coefficient (Wildman–Crippen LogP) is 1.44. The number of nitrogens with one attached hydrogen (secondary N) is 4. The molecule has 0 aliphatic rings. The normalized spacial score (nSPS) is 11.4. The molecule has 0 fully saturated rings. The van der Waals surface area contributed by atoms with Crippen LogP contribution in [-0.2, 0) is 14.4 Å². The second-order valence-corrected chi connectivity index (χ2v) is 6.68. The highest BCUT2D eigenvalue weighted by Gasteiger charge is 2.17. The fourth-order valence-electron chi connectivity index (χ4n) is 2.74. The first-order valence-corrected chi connectivity index (χ1v) is 9.23. The zero-order valence-electron chi connectivity index (χ0n) is 16.5. The number of benzene rings is 2. The highest BCUT2D eigenvalue weighted by Crippen LogP contribution is 2.13. The maximum atomic E-state index is 12.3. The maximum absolute atomic E-state index is 12.3. The topological polar surface area (TPSA) is 91.7 Å². The molecule has 0 aliphatic heterocycles. The molecule has 7 heteroatoms. The number of hydrogen-bond donors (Lipinski definition) is 4. The third-order valence-corrected chi connectivity index (χ3v) is 4.11. The minimum Gasteiger partial charge on any atom is -0.326 e. The highest BCUT2D eigenvalue weighted by atomic mass is 16.2. The minimum atomic E-state index is -0.174. The van der Waals surface area contributed by atoms with Crippen molar-refractivity contribution in [2.24, 2.45) is 0 Å². The summed E-state index contributed by atoms with van der Waals surface area (Å²) in [5, 5.41) is 8.35. The zero-order valence-corrected chi connectivity index (χ0v) is 16.5. The number of aryl methyl sites for hydroxylation is 1. The first kappa shape index (κ1) is 21.1. The molecule has 0 saturated carbocycles. The molecule has 1 atom stereocenters. The standard InChI is InChI=1S/C21H26N4O3/c1-4-25(14-21(28)24-19-7-5-6-15(2)12-19)13-20(27)23-18-10-8-17(9-11-18)22-16(3)26/h5-12H,4,13-14H2,1-3H3,(H,22,26)(H,23,27)(H,24,28)/p+1. The fraction of sp³-hybridized carbons (Fsp3) is 0.286. The number of hydrogen-bond acceptors (Lipinski definition) is 3. The first-order chi connectivity index (χ1) is 13.4. The quantitative estimate of drug-likeness (QED) is 0.556. The molecule has 28 heavy (non-hydrogen) atoms. The molecule has 0 radical (unpaired) electrons. The van der Waals surface area contributed by atoms with E-state index in [1.165, 1.54) is 6.92 Å². The molecule has 2 aromatic rings. The summed E-state index contributed by atoms with van der Waals surface area (Å²) in [4.78, 5) is 36.4. The average Bonchev–Trinajstić information content (AvgIpc) is 2.62. The molecule has 4 N–H and O–H groups in total. The first-order valence-electron chi connectivity index (χ1n) is 9.23. The van der Waals surface area contributed by atoms with Crippen LogP contribution in [0.25, 0.3) is 0 Å². The summed E-state index contributed by atoms with van der Waals surface area (Å²) in [5.74, 6) is -0.453. The van der Waals surface area contributed by atoms with Gasteiger partial charge in [-0.25, -0.2) is 0 Å². The van der Waals surface area contributed by atoms with Crippen molar-refractivity contribution >= 4 is 34.8 Å². The second kappa shape index (κ2) is 10.2. The van der Waals surface area contributed by atoms with Gasteiger partial charge in [0.1, 0.15) is 0 Å². The number of amides is 3. The zero-order chi connectivity index (χ0) is 20.5. The van der Waals surface area contributed by atoms with E-state index in [0.29, 0.717) is 17.9 Å². The van der Waals surface area contributed by atoms with Crippen LogP contribution in [0.15, 0.2) is 48.5 Å². The Labute approximate surface area is 165 Å². The van der Waals surface area contributed by atoms with Gasteiger partial charge in [0, 0.05) is 24.0 Å². The molecule has 0 saturated heterocycles. The Morgan fingerprint density at radius 2 is 1.36 bits per heavy atom. The van der Waals surface area contributed by atoms with Crippen LogP contribution in [0.2, 0.25) is 0 Å². The van der Waals surface area contributed by atoms with Crippen LogP contribution in [-0.4, -0.2) is 37.4 Å². The van der Waals surface area contributed by atoms with Crippen molar-refractivity contribution in [1.82, 2.24) is 0 Å². The molecule has 2 aromatic carbocycles. The monoisotopic (exact) mass is 383 g/mol. The lowest BCUT2D eigenvalue weighted by molar-refractivity contribution is -0.881. The van der Waals surface area contributed by atoms with Crippen LogP contribution in [0, 0.1) is 6.92 Å². The summed E-state index contributed by atoms with van der Waals surface area (Å²) < 4.78 is 0. The van der Waals surface area contributed by atoms with Crippen LogP contribution in [0.4, 0.5) is 17.1 Å². The van der Waals surface area contributed by atoms with Gasteiger partial charge in [-0.3, -0.25) is 14.4 Å². The highest BCUT2D eigenvalue weighted by molar-refractivity contribution is 5.93. The number of carbonyl (C=O) groups is 3. The molecule has 3 amide bonds. The Balaban J connectivity index is 1.84. The summed E-state index contributed by atoms with van der Waals surface area (Å²) in [6.45, 7) is 6.38. The molecule has 0 bridgehead atoms. The van der Waals surface area contributed by atoms with E-state index < -0.39 is 0 Å². The SMILES string of the molecule is CC[NH+](CC(=O)Nc1ccc(NC(C)=O)cc1)CC(=O)Nc1cccc(C)c1. The van der Waals surface area contributed by atoms with Crippen molar-refractivity contribution in [3.05, 3.63) is 54.1 Å². The largest absolute Gasteiger partial charge is 0.326 e. The van der Waals surface area contributed by atoms with Crippen LogP contribution in [0.5, 0.6) is 0 Å². The summed E-state index contributed by atoms with van der Waals surface area (Å²) in [6, 6.07) is 14.5. The summed E-state index contributed by atoms with van der Waals surface area (Å²) >= 11 is 0. The van der Waals surface area contributed by atoms with E-state index in [-0.39, 0.29) is 30.8 Å². The van der Waals surface area contributed by atoms with E-state index in [1.807, 2.05) is 38.1 Å². The van der Waals surface area contributed by atoms with E-state index >= 15 is 0 Å². The van der Waals surface area contributed by atoms with Gasteiger partial charge in [0.05, 0.1) is 6.54 Å². The van der Waals surface area contributed by atoms with Crippen LogP contribution >= 0.6 is 0 Å². The van der Waals surface area contributed by atoms with Crippen LogP contribution in [0.3, 0.4) is 0 Å². The Bertz CT molecular complexity index is 834.